The van der Waals surface area contributed by atoms with E-state index in [1.807, 2.05) is 0 Å². The fourth-order valence-corrected chi connectivity index (χ4v) is 4.41. The quantitative estimate of drug-likeness (QED) is 0.439. The number of methoxy groups -OCH3 is 1. The molecule has 0 atom stereocenters. The molecule has 7 nitrogen and oxygen atoms in total. The molecular formula is C20H22ClNO6S. The van der Waals surface area contributed by atoms with Gasteiger partial charge < -0.3 is 9.47 Å². The number of rotatable bonds is 9. The van der Waals surface area contributed by atoms with Gasteiger partial charge in [0.1, 0.15) is 10.6 Å². The molecule has 2 aromatic rings. The molecule has 9 heteroatoms. The van der Waals surface area contributed by atoms with Gasteiger partial charge in [-0.1, -0.05) is 25.4 Å². The zero-order chi connectivity index (χ0) is 21.6. The van der Waals surface area contributed by atoms with Gasteiger partial charge in [0.05, 0.1) is 12.7 Å². The van der Waals surface area contributed by atoms with Crippen molar-refractivity contribution in [2.45, 2.75) is 18.7 Å². The maximum atomic E-state index is 12.9. The van der Waals surface area contributed by atoms with Gasteiger partial charge >= 0.3 is 5.97 Å². The molecule has 0 aliphatic rings. The van der Waals surface area contributed by atoms with Crippen molar-refractivity contribution in [1.82, 2.24) is 4.31 Å². The number of benzene rings is 2. The van der Waals surface area contributed by atoms with Crippen LogP contribution >= 0.6 is 11.6 Å². The highest BCUT2D eigenvalue weighted by atomic mass is 35.5. The molecule has 29 heavy (non-hydrogen) atoms. The van der Waals surface area contributed by atoms with Crippen molar-refractivity contribution in [2.24, 2.45) is 0 Å². The summed E-state index contributed by atoms with van der Waals surface area (Å²) < 4.78 is 37.2. The predicted octanol–water partition coefficient (Wildman–Crippen LogP) is 3.42. The first-order valence-electron chi connectivity index (χ1n) is 8.88. The van der Waals surface area contributed by atoms with Gasteiger partial charge in [-0.3, -0.25) is 4.79 Å². The molecule has 0 aliphatic carbocycles. The summed E-state index contributed by atoms with van der Waals surface area (Å²) in [6.07, 6.45) is 0. The Labute approximate surface area is 175 Å². The molecule has 0 fully saturated rings. The molecule has 2 rings (SSSR count). The van der Waals surface area contributed by atoms with Crippen LogP contribution < -0.4 is 4.74 Å². The number of ether oxygens (including phenoxy) is 2. The standard InChI is InChI=1S/C20H22ClNO6S/c1-4-22(5-2)29(25,26)19-12-15(8-11-18(19)27-3)20(24)28-13-17(23)14-6-9-16(21)10-7-14/h6-12H,4-5,13H2,1-3H3. The molecule has 0 aromatic heterocycles. The zero-order valence-electron chi connectivity index (χ0n) is 16.3. The van der Waals surface area contributed by atoms with Crippen LogP contribution in [-0.4, -0.2) is 51.3 Å². The normalized spacial score (nSPS) is 11.3. The lowest BCUT2D eigenvalue weighted by Crippen LogP contribution is -2.31. The lowest BCUT2D eigenvalue weighted by molar-refractivity contribution is 0.0474. The van der Waals surface area contributed by atoms with Crippen LogP contribution in [0.25, 0.3) is 0 Å². The monoisotopic (exact) mass is 439 g/mol. The molecule has 0 radical (unpaired) electrons. The van der Waals surface area contributed by atoms with Crippen molar-refractivity contribution in [1.29, 1.82) is 0 Å². The molecule has 156 valence electrons. The van der Waals surface area contributed by atoms with Gasteiger partial charge in [0.25, 0.3) is 0 Å². The van der Waals surface area contributed by atoms with Gasteiger partial charge in [0, 0.05) is 23.7 Å². The van der Waals surface area contributed by atoms with Crippen molar-refractivity contribution in [3.05, 3.63) is 58.6 Å². The van der Waals surface area contributed by atoms with Crippen LogP contribution in [0.5, 0.6) is 5.75 Å². The summed E-state index contributed by atoms with van der Waals surface area (Å²) in [6.45, 7) is 3.49. The minimum Gasteiger partial charge on any atom is -0.495 e. The smallest absolute Gasteiger partial charge is 0.338 e. The first-order chi connectivity index (χ1) is 13.7. The largest absolute Gasteiger partial charge is 0.495 e. The van der Waals surface area contributed by atoms with Crippen LogP contribution in [-0.2, 0) is 14.8 Å². The minimum absolute atomic E-state index is 0.000405. The number of ketones is 1. The molecule has 0 unspecified atom stereocenters. The third-order valence-electron chi connectivity index (χ3n) is 4.22. The summed E-state index contributed by atoms with van der Waals surface area (Å²) in [5.74, 6) is -1.10. The van der Waals surface area contributed by atoms with E-state index in [1.54, 1.807) is 26.0 Å². The Hall–Kier alpha value is -2.42. The van der Waals surface area contributed by atoms with Crippen LogP contribution in [0.4, 0.5) is 0 Å². The van der Waals surface area contributed by atoms with E-state index in [1.165, 1.54) is 41.7 Å². The SMILES string of the molecule is CCN(CC)S(=O)(=O)c1cc(C(=O)OCC(=O)c2ccc(Cl)cc2)ccc1OC. The molecule has 0 saturated heterocycles. The number of hydrogen-bond acceptors (Lipinski definition) is 6. The van der Waals surface area contributed by atoms with Crippen LogP contribution in [0, 0.1) is 0 Å². The minimum atomic E-state index is -3.86. The summed E-state index contributed by atoms with van der Waals surface area (Å²) in [5.41, 5.74) is 0.349. The third kappa shape index (κ3) is 5.35. The van der Waals surface area contributed by atoms with Gasteiger partial charge in [0.2, 0.25) is 10.0 Å². The number of esters is 1. The van der Waals surface area contributed by atoms with E-state index in [9.17, 15) is 18.0 Å². The molecule has 0 N–H and O–H groups in total. The van der Waals surface area contributed by atoms with E-state index in [2.05, 4.69) is 0 Å². The molecule has 0 spiro atoms. The van der Waals surface area contributed by atoms with Gasteiger partial charge in [-0.15, -0.1) is 0 Å². The number of hydrogen-bond donors (Lipinski definition) is 0. The van der Waals surface area contributed by atoms with Gasteiger partial charge in [-0.2, -0.15) is 4.31 Å². The fourth-order valence-electron chi connectivity index (χ4n) is 2.64. The fraction of sp³-hybridized carbons (Fsp3) is 0.300. The third-order valence-corrected chi connectivity index (χ3v) is 6.55. The number of nitrogens with zero attached hydrogens (tertiary/aromatic N) is 1. The van der Waals surface area contributed by atoms with E-state index in [0.29, 0.717) is 10.6 Å². The second-order valence-corrected chi connectivity index (χ2v) is 8.30. The zero-order valence-corrected chi connectivity index (χ0v) is 17.9. The maximum Gasteiger partial charge on any atom is 0.338 e. The summed E-state index contributed by atoms with van der Waals surface area (Å²) >= 11 is 5.78. The summed E-state index contributed by atoms with van der Waals surface area (Å²) in [7, 11) is -2.51. The van der Waals surface area contributed by atoms with Crippen LogP contribution in [0.15, 0.2) is 47.4 Å². The number of carbonyl (C=O) groups excluding carboxylic acids is 2. The summed E-state index contributed by atoms with van der Waals surface area (Å²) in [5, 5.41) is 0.485. The molecule has 0 heterocycles. The van der Waals surface area contributed by atoms with E-state index < -0.39 is 28.4 Å². The molecule has 0 amide bonds. The maximum absolute atomic E-state index is 12.9. The Bertz CT molecular complexity index is 985. The first kappa shape index (κ1) is 22.9. The predicted molar refractivity (Wildman–Crippen MR) is 109 cm³/mol. The summed E-state index contributed by atoms with van der Waals surface area (Å²) in [6, 6.07) is 10.1. The number of carbonyl (C=O) groups is 2. The van der Waals surface area contributed by atoms with Gasteiger partial charge in [-0.05, 0) is 42.5 Å². The van der Waals surface area contributed by atoms with Crippen LogP contribution in [0.1, 0.15) is 34.6 Å². The highest BCUT2D eigenvalue weighted by molar-refractivity contribution is 7.89. The Morgan fingerprint density at radius 3 is 2.14 bits per heavy atom. The average molecular weight is 440 g/mol. The van der Waals surface area contributed by atoms with E-state index in [0.717, 1.165) is 0 Å². The first-order valence-corrected chi connectivity index (χ1v) is 10.7. The molecule has 0 saturated carbocycles. The van der Waals surface area contributed by atoms with Crippen molar-refractivity contribution in [2.75, 3.05) is 26.8 Å². The average Bonchev–Trinajstić information content (AvgIpc) is 2.72. The highest BCUT2D eigenvalue weighted by Gasteiger charge is 2.27. The lowest BCUT2D eigenvalue weighted by Gasteiger charge is -2.20. The molecule has 0 aliphatic heterocycles. The second kappa shape index (κ2) is 9.87. The van der Waals surface area contributed by atoms with Crippen molar-refractivity contribution in [3.63, 3.8) is 0 Å². The Morgan fingerprint density at radius 1 is 1.00 bits per heavy atom. The van der Waals surface area contributed by atoms with Crippen molar-refractivity contribution < 1.29 is 27.5 Å². The van der Waals surface area contributed by atoms with E-state index >= 15 is 0 Å². The topological polar surface area (TPSA) is 90.0 Å². The number of sulfonamides is 1. The number of halogens is 1. The summed E-state index contributed by atoms with van der Waals surface area (Å²) in [4.78, 5) is 24.4. The van der Waals surface area contributed by atoms with E-state index in [-0.39, 0.29) is 29.3 Å². The Kier molecular flexibility index (Phi) is 7.78. The Morgan fingerprint density at radius 2 is 1.59 bits per heavy atom. The van der Waals surface area contributed by atoms with Gasteiger partial charge in [-0.25, -0.2) is 13.2 Å². The molecular weight excluding hydrogens is 418 g/mol. The van der Waals surface area contributed by atoms with Crippen molar-refractivity contribution in [3.8, 4) is 5.75 Å². The molecule has 2 aromatic carbocycles. The lowest BCUT2D eigenvalue weighted by atomic mass is 10.1. The van der Waals surface area contributed by atoms with Gasteiger partial charge in [0.15, 0.2) is 12.4 Å². The highest BCUT2D eigenvalue weighted by Crippen LogP contribution is 2.28. The molecule has 0 bridgehead atoms. The Balaban J connectivity index is 2.23. The van der Waals surface area contributed by atoms with Crippen LogP contribution in [0.2, 0.25) is 5.02 Å². The van der Waals surface area contributed by atoms with Crippen LogP contribution in [0.3, 0.4) is 0 Å². The number of Topliss-reactive ketones (excluding diaryl/α,β-unsaturated/α-hetero) is 1. The van der Waals surface area contributed by atoms with E-state index in [4.69, 9.17) is 21.1 Å². The van der Waals surface area contributed by atoms with Crippen molar-refractivity contribution >= 4 is 33.4 Å². The second-order valence-electron chi connectivity index (χ2n) is 5.96.